The Balaban J connectivity index is 1.64. The Kier molecular flexibility index (Phi) is 5.41. The van der Waals surface area contributed by atoms with Crippen LogP contribution >= 0.6 is 0 Å². The predicted molar refractivity (Wildman–Crippen MR) is 106 cm³/mol. The van der Waals surface area contributed by atoms with E-state index in [2.05, 4.69) is 10.5 Å². The van der Waals surface area contributed by atoms with Crippen LogP contribution in [0, 0.1) is 0 Å². The van der Waals surface area contributed by atoms with E-state index >= 15 is 0 Å². The molecule has 3 aromatic rings. The summed E-state index contributed by atoms with van der Waals surface area (Å²) in [6.45, 7) is 3.57. The number of hydrogen-bond acceptors (Lipinski definition) is 5. The SMILES string of the molecule is CCNC(=O)c1cn(-c2ccccc2)nc1[C@H]1CCCN(C(=O)c2ccon2)C1. The second-order valence-electron chi connectivity index (χ2n) is 7.04. The molecule has 3 heterocycles. The number of hydrogen-bond donors (Lipinski definition) is 1. The molecule has 1 aliphatic rings. The van der Waals surface area contributed by atoms with E-state index in [4.69, 9.17) is 9.62 Å². The maximum Gasteiger partial charge on any atom is 0.276 e. The summed E-state index contributed by atoms with van der Waals surface area (Å²) in [4.78, 5) is 27.1. The van der Waals surface area contributed by atoms with Gasteiger partial charge in [0.25, 0.3) is 11.8 Å². The number of carbonyl (C=O) groups is 2. The highest BCUT2D eigenvalue weighted by molar-refractivity contribution is 5.95. The van der Waals surface area contributed by atoms with E-state index in [0.29, 0.717) is 30.9 Å². The van der Waals surface area contributed by atoms with E-state index in [1.165, 1.54) is 6.26 Å². The molecule has 0 spiro atoms. The van der Waals surface area contributed by atoms with Crippen molar-refractivity contribution >= 4 is 11.8 Å². The molecular weight excluding hydrogens is 370 g/mol. The lowest BCUT2D eigenvalue weighted by atomic mass is 9.92. The largest absolute Gasteiger partial charge is 0.364 e. The van der Waals surface area contributed by atoms with E-state index in [1.807, 2.05) is 37.3 Å². The van der Waals surface area contributed by atoms with Gasteiger partial charge < -0.3 is 14.7 Å². The molecule has 29 heavy (non-hydrogen) atoms. The van der Waals surface area contributed by atoms with Crippen molar-refractivity contribution in [3.63, 3.8) is 0 Å². The third-order valence-corrected chi connectivity index (χ3v) is 5.10. The second kappa shape index (κ2) is 8.30. The molecule has 8 nitrogen and oxygen atoms in total. The average molecular weight is 393 g/mol. The van der Waals surface area contributed by atoms with E-state index in [9.17, 15) is 9.59 Å². The predicted octanol–water partition coefficient (Wildman–Crippen LogP) is 2.63. The summed E-state index contributed by atoms with van der Waals surface area (Å²) < 4.78 is 6.54. The summed E-state index contributed by atoms with van der Waals surface area (Å²) in [5.74, 6) is -0.336. The van der Waals surface area contributed by atoms with Crippen LogP contribution in [0.3, 0.4) is 0 Å². The lowest BCUT2D eigenvalue weighted by Crippen LogP contribution is -2.40. The van der Waals surface area contributed by atoms with Crippen LogP contribution in [-0.4, -0.2) is 51.3 Å². The Labute approximate surface area is 168 Å². The monoisotopic (exact) mass is 393 g/mol. The summed E-state index contributed by atoms with van der Waals surface area (Å²) in [6.07, 6.45) is 4.86. The molecule has 150 valence electrons. The highest BCUT2D eigenvalue weighted by Crippen LogP contribution is 2.30. The maximum absolute atomic E-state index is 12.7. The van der Waals surface area contributed by atoms with Crippen molar-refractivity contribution in [2.75, 3.05) is 19.6 Å². The van der Waals surface area contributed by atoms with Gasteiger partial charge in [0.05, 0.1) is 16.9 Å². The molecule has 1 N–H and O–H groups in total. The topological polar surface area (TPSA) is 93.3 Å². The van der Waals surface area contributed by atoms with Crippen LogP contribution in [-0.2, 0) is 0 Å². The van der Waals surface area contributed by atoms with Gasteiger partial charge in [0.2, 0.25) is 0 Å². The lowest BCUT2D eigenvalue weighted by Gasteiger charge is -2.31. The first kappa shape index (κ1) is 18.9. The minimum absolute atomic E-state index is 0.0258. The highest BCUT2D eigenvalue weighted by Gasteiger charge is 2.31. The quantitative estimate of drug-likeness (QED) is 0.719. The first-order valence-corrected chi connectivity index (χ1v) is 9.80. The zero-order chi connectivity index (χ0) is 20.2. The maximum atomic E-state index is 12.7. The van der Waals surface area contributed by atoms with Crippen molar-refractivity contribution in [2.24, 2.45) is 0 Å². The molecule has 0 radical (unpaired) electrons. The fourth-order valence-corrected chi connectivity index (χ4v) is 3.70. The molecule has 0 unspecified atom stereocenters. The number of likely N-dealkylation sites (tertiary alicyclic amines) is 1. The minimum Gasteiger partial charge on any atom is -0.364 e. The summed E-state index contributed by atoms with van der Waals surface area (Å²) in [5, 5.41) is 11.4. The molecule has 1 aromatic carbocycles. The summed E-state index contributed by atoms with van der Waals surface area (Å²) in [7, 11) is 0. The van der Waals surface area contributed by atoms with Gasteiger partial charge in [0, 0.05) is 37.8 Å². The van der Waals surface area contributed by atoms with Gasteiger partial charge in [-0.25, -0.2) is 4.68 Å². The van der Waals surface area contributed by atoms with Crippen molar-refractivity contribution in [2.45, 2.75) is 25.7 Å². The van der Waals surface area contributed by atoms with Crippen LogP contribution in [0.5, 0.6) is 0 Å². The number of aromatic nitrogens is 3. The first-order valence-electron chi connectivity index (χ1n) is 9.80. The van der Waals surface area contributed by atoms with E-state index in [1.54, 1.807) is 21.8 Å². The molecule has 8 heteroatoms. The van der Waals surface area contributed by atoms with Crippen molar-refractivity contribution in [1.82, 2.24) is 25.2 Å². The Hall–Kier alpha value is -3.42. The number of para-hydroxylation sites is 1. The van der Waals surface area contributed by atoms with Crippen molar-refractivity contribution in [3.05, 3.63) is 65.8 Å². The summed E-state index contributed by atoms with van der Waals surface area (Å²) in [6, 6.07) is 11.3. The van der Waals surface area contributed by atoms with Gasteiger partial charge in [-0.1, -0.05) is 23.4 Å². The van der Waals surface area contributed by atoms with Crippen LogP contribution in [0.25, 0.3) is 5.69 Å². The Bertz CT molecular complexity index is 981. The van der Waals surface area contributed by atoms with Crippen molar-refractivity contribution in [3.8, 4) is 5.69 Å². The third-order valence-electron chi connectivity index (χ3n) is 5.10. The van der Waals surface area contributed by atoms with Crippen LogP contribution in [0.1, 0.15) is 52.2 Å². The van der Waals surface area contributed by atoms with E-state index in [-0.39, 0.29) is 17.7 Å². The number of benzene rings is 1. The molecule has 1 saturated heterocycles. The smallest absolute Gasteiger partial charge is 0.276 e. The second-order valence-corrected chi connectivity index (χ2v) is 7.04. The number of carbonyl (C=O) groups excluding carboxylic acids is 2. The number of rotatable bonds is 5. The standard InChI is InChI=1S/C21H23N5O3/c1-2-22-20(27)17-14-26(16-8-4-3-5-9-16)23-19(17)15-7-6-11-25(13-15)21(28)18-10-12-29-24-18/h3-5,8-10,12,14-15H,2,6-7,11,13H2,1H3,(H,22,27)/t15-/m0/s1. The molecular formula is C21H23N5O3. The molecule has 0 saturated carbocycles. The fraction of sp³-hybridized carbons (Fsp3) is 0.333. The number of piperidine rings is 1. The molecule has 0 bridgehead atoms. The Morgan fingerprint density at radius 3 is 2.79 bits per heavy atom. The molecule has 1 aliphatic heterocycles. The van der Waals surface area contributed by atoms with Crippen LogP contribution in [0.2, 0.25) is 0 Å². The Morgan fingerprint density at radius 1 is 1.24 bits per heavy atom. The minimum atomic E-state index is -0.162. The Morgan fingerprint density at radius 2 is 2.07 bits per heavy atom. The van der Waals surface area contributed by atoms with Crippen molar-refractivity contribution in [1.29, 1.82) is 0 Å². The van der Waals surface area contributed by atoms with Crippen LogP contribution in [0.4, 0.5) is 0 Å². The van der Waals surface area contributed by atoms with Gasteiger partial charge in [0.15, 0.2) is 5.69 Å². The molecule has 2 aromatic heterocycles. The number of amides is 2. The number of nitrogens with one attached hydrogen (secondary N) is 1. The van der Waals surface area contributed by atoms with Gasteiger partial charge in [0.1, 0.15) is 6.26 Å². The van der Waals surface area contributed by atoms with Gasteiger partial charge >= 0.3 is 0 Å². The molecule has 2 amide bonds. The normalized spacial score (nSPS) is 16.6. The van der Waals surface area contributed by atoms with Gasteiger partial charge in [-0.2, -0.15) is 5.10 Å². The van der Waals surface area contributed by atoms with Gasteiger partial charge in [-0.15, -0.1) is 0 Å². The summed E-state index contributed by atoms with van der Waals surface area (Å²) in [5.41, 5.74) is 2.45. The lowest BCUT2D eigenvalue weighted by molar-refractivity contribution is 0.0695. The van der Waals surface area contributed by atoms with Crippen LogP contribution < -0.4 is 5.32 Å². The zero-order valence-corrected chi connectivity index (χ0v) is 16.2. The molecule has 1 atom stereocenters. The zero-order valence-electron chi connectivity index (χ0n) is 16.2. The third kappa shape index (κ3) is 3.91. The molecule has 4 rings (SSSR count). The molecule has 1 fully saturated rings. The van der Waals surface area contributed by atoms with Gasteiger partial charge in [-0.3, -0.25) is 9.59 Å². The number of nitrogens with zero attached hydrogens (tertiary/aromatic N) is 4. The fourth-order valence-electron chi connectivity index (χ4n) is 3.70. The van der Waals surface area contributed by atoms with E-state index < -0.39 is 0 Å². The summed E-state index contributed by atoms with van der Waals surface area (Å²) >= 11 is 0. The van der Waals surface area contributed by atoms with Crippen LogP contribution in [0.15, 0.2) is 53.4 Å². The van der Waals surface area contributed by atoms with Crippen molar-refractivity contribution < 1.29 is 14.1 Å². The highest BCUT2D eigenvalue weighted by atomic mass is 16.5. The first-order chi connectivity index (χ1) is 14.2. The average Bonchev–Trinajstić information content (AvgIpc) is 3.44. The van der Waals surface area contributed by atoms with E-state index in [0.717, 1.165) is 24.2 Å². The molecule has 0 aliphatic carbocycles. The van der Waals surface area contributed by atoms with Gasteiger partial charge in [-0.05, 0) is 31.9 Å².